The minimum Gasteiger partial charge on any atom is -0.326 e. The summed E-state index contributed by atoms with van der Waals surface area (Å²) >= 11 is 0. The molecule has 1 aliphatic heterocycles. The molecule has 0 aliphatic carbocycles. The highest BCUT2D eigenvalue weighted by molar-refractivity contribution is 7.89. The smallest absolute Gasteiger partial charge is 0.243 e. The van der Waals surface area contributed by atoms with Crippen LogP contribution >= 0.6 is 0 Å². The molecule has 1 saturated heterocycles. The highest BCUT2D eigenvalue weighted by Gasteiger charge is 2.29. The number of anilines is 1. The zero-order chi connectivity index (χ0) is 18.1. The van der Waals surface area contributed by atoms with Crippen molar-refractivity contribution in [2.45, 2.75) is 32.6 Å². The van der Waals surface area contributed by atoms with Crippen molar-refractivity contribution in [3.05, 3.63) is 23.8 Å². The first-order valence-electron chi connectivity index (χ1n) is 8.12. The van der Waals surface area contributed by atoms with Crippen LogP contribution in [0.15, 0.2) is 23.1 Å². The number of piperazine rings is 1. The number of nitrogens with one attached hydrogen (secondary N) is 1. The first-order chi connectivity index (χ1) is 11.0. The molecule has 1 aromatic rings. The topological polar surface area (TPSA) is 69.7 Å². The number of hydrogen-bond donors (Lipinski definition) is 1. The lowest BCUT2D eigenvalue weighted by molar-refractivity contribution is -0.123. The van der Waals surface area contributed by atoms with Crippen LogP contribution < -0.4 is 5.32 Å². The Bertz CT molecular complexity index is 715. The monoisotopic (exact) mass is 353 g/mol. The van der Waals surface area contributed by atoms with Gasteiger partial charge in [0.1, 0.15) is 0 Å². The molecule has 1 aromatic carbocycles. The number of sulfonamides is 1. The molecule has 0 saturated carbocycles. The van der Waals surface area contributed by atoms with Gasteiger partial charge in [-0.25, -0.2) is 8.42 Å². The van der Waals surface area contributed by atoms with E-state index in [1.54, 1.807) is 25.1 Å². The molecular weight excluding hydrogens is 326 g/mol. The van der Waals surface area contributed by atoms with Crippen molar-refractivity contribution in [1.29, 1.82) is 0 Å². The summed E-state index contributed by atoms with van der Waals surface area (Å²) < 4.78 is 27.4. The van der Waals surface area contributed by atoms with Gasteiger partial charge in [0.25, 0.3) is 0 Å². The molecule has 7 heteroatoms. The van der Waals surface area contributed by atoms with E-state index < -0.39 is 15.4 Å². The molecule has 6 nitrogen and oxygen atoms in total. The molecule has 0 aromatic heterocycles. The fraction of sp³-hybridized carbons (Fsp3) is 0.588. The predicted molar refractivity (Wildman–Crippen MR) is 95.5 cm³/mol. The second kappa shape index (κ2) is 6.82. The van der Waals surface area contributed by atoms with Crippen molar-refractivity contribution >= 4 is 21.6 Å². The third-order valence-corrected chi connectivity index (χ3v) is 6.25. The summed E-state index contributed by atoms with van der Waals surface area (Å²) in [5, 5.41) is 2.80. The normalized spacial score (nSPS) is 17.7. The molecule has 1 heterocycles. The Labute approximate surface area is 144 Å². The van der Waals surface area contributed by atoms with Crippen LogP contribution in [0.1, 0.15) is 26.3 Å². The molecule has 2 rings (SSSR count). The van der Waals surface area contributed by atoms with Gasteiger partial charge in [0.15, 0.2) is 0 Å². The highest BCUT2D eigenvalue weighted by Crippen LogP contribution is 2.25. The zero-order valence-corrected chi connectivity index (χ0v) is 15.9. The van der Waals surface area contributed by atoms with E-state index in [0.717, 1.165) is 13.1 Å². The number of hydrogen-bond acceptors (Lipinski definition) is 4. The van der Waals surface area contributed by atoms with E-state index in [2.05, 4.69) is 10.2 Å². The predicted octanol–water partition coefficient (Wildman–Crippen LogP) is 1.92. The maximum atomic E-state index is 12.9. The third kappa shape index (κ3) is 4.15. The molecule has 0 unspecified atom stereocenters. The van der Waals surface area contributed by atoms with Crippen LogP contribution in [-0.4, -0.2) is 56.8 Å². The second-order valence-corrected chi connectivity index (χ2v) is 9.30. The van der Waals surface area contributed by atoms with Crippen LogP contribution in [-0.2, 0) is 14.8 Å². The van der Waals surface area contributed by atoms with Gasteiger partial charge in [-0.2, -0.15) is 4.31 Å². The summed E-state index contributed by atoms with van der Waals surface area (Å²) in [4.78, 5) is 14.5. The van der Waals surface area contributed by atoms with Crippen LogP contribution in [0.2, 0.25) is 0 Å². The van der Waals surface area contributed by atoms with Gasteiger partial charge in [0.05, 0.1) is 4.90 Å². The summed E-state index contributed by atoms with van der Waals surface area (Å²) in [6, 6.07) is 5.04. The van der Waals surface area contributed by atoms with E-state index in [-0.39, 0.29) is 10.8 Å². The van der Waals surface area contributed by atoms with E-state index in [9.17, 15) is 13.2 Å². The third-order valence-electron chi connectivity index (χ3n) is 4.21. The Hall–Kier alpha value is -1.44. The molecule has 0 atom stereocenters. The van der Waals surface area contributed by atoms with Gasteiger partial charge in [-0.1, -0.05) is 26.8 Å². The average Bonchev–Trinajstić information content (AvgIpc) is 2.48. The number of carbonyl (C=O) groups excluding carboxylic acids is 1. The molecule has 0 bridgehead atoms. The SMILES string of the molecule is Cc1ccc(NC(=O)C(C)(C)C)cc1S(=O)(=O)N1CCN(C)CC1. The standard InChI is InChI=1S/C17H27N3O3S/c1-13-6-7-14(18-16(21)17(2,3)4)12-15(13)24(22,23)20-10-8-19(5)9-11-20/h6-7,12H,8-11H2,1-5H3,(H,18,21). The van der Waals surface area contributed by atoms with Gasteiger partial charge >= 0.3 is 0 Å². The molecule has 0 spiro atoms. The van der Waals surface area contributed by atoms with Crippen LogP contribution in [0.4, 0.5) is 5.69 Å². The largest absolute Gasteiger partial charge is 0.326 e. The Kier molecular flexibility index (Phi) is 5.37. The van der Waals surface area contributed by atoms with Gasteiger partial charge in [0, 0.05) is 37.3 Å². The lowest BCUT2D eigenvalue weighted by Crippen LogP contribution is -2.47. The number of amides is 1. The van der Waals surface area contributed by atoms with Crippen molar-refractivity contribution in [3.8, 4) is 0 Å². The summed E-state index contributed by atoms with van der Waals surface area (Å²) in [6.45, 7) is 9.64. The minimum atomic E-state index is -3.55. The van der Waals surface area contributed by atoms with Crippen molar-refractivity contribution in [1.82, 2.24) is 9.21 Å². The number of rotatable bonds is 3. The van der Waals surface area contributed by atoms with Crippen molar-refractivity contribution < 1.29 is 13.2 Å². The highest BCUT2D eigenvalue weighted by atomic mass is 32.2. The van der Waals surface area contributed by atoms with E-state index >= 15 is 0 Å². The summed E-state index contributed by atoms with van der Waals surface area (Å²) in [5.41, 5.74) is 0.650. The molecule has 1 fully saturated rings. The Morgan fingerprint density at radius 3 is 2.25 bits per heavy atom. The average molecular weight is 353 g/mol. The van der Waals surface area contributed by atoms with Crippen molar-refractivity contribution in [3.63, 3.8) is 0 Å². The Morgan fingerprint density at radius 2 is 1.71 bits per heavy atom. The molecule has 1 aliphatic rings. The number of carbonyl (C=O) groups is 1. The van der Waals surface area contributed by atoms with E-state index in [1.807, 2.05) is 27.8 Å². The Morgan fingerprint density at radius 1 is 1.12 bits per heavy atom. The van der Waals surface area contributed by atoms with Crippen LogP contribution in [0, 0.1) is 12.3 Å². The number of aryl methyl sites for hydroxylation is 1. The van der Waals surface area contributed by atoms with Gasteiger partial charge in [0.2, 0.25) is 15.9 Å². The molecule has 1 amide bonds. The molecule has 1 N–H and O–H groups in total. The summed E-state index contributed by atoms with van der Waals surface area (Å²) in [7, 11) is -1.57. The zero-order valence-electron chi connectivity index (χ0n) is 15.1. The lowest BCUT2D eigenvalue weighted by atomic mass is 9.95. The quantitative estimate of drug-likeness (QED) is 0.901. The number of likely N-dealkylation sites (N-methyl/N-ethyl adjacent to an activating group) is 1. The molecule has 0 radical (unpaired) electrons. The van der Waals surface area contributed by atoms with E-state index in [4.69, 9.17) is 0 Å². The van der Waals surface area contributed by atoms with Crippen LogP contribution in [0.3, 0.4) is 0 Å². The number of benzene rings is 1. The van der Waals surface area contributed by atoms with E-state index in [1.165, 1.54) is 4.31 Å². The van der Waals surface area contributed by atoms with Crippen molar-refractivity contribution in [2.24, 2.45) is 5.41 Å². The molecule has 24 heavy (non-hydrogen) atoms. The van der Waals surface area contributed by atoms with Crippen LogP contribution in [0.5, 0.6) is 0 Å². The van der Waals surface area contributed by atoms with Crippen molar-refractivity contribution in [2.75, 3.05) is 38.5 Å². The molecular formula is C17H27N3O3S. The van der Waals surface area contributed by atoms with E-state index in [0.29, 0.717) is 24.3 Å². The van der Waals surface area contributed by atoms with Gasteiger partial charge in [-0.15, -0.1) is 0 Å². The minimum absolute atomic E-state index is 0.144. The lowest BCUT2D eigenvalue weighted by Gasteiger charge is -2.32. The van der Waals surface area contributed by atoms with Gasteiger partial charge in [-0.3, -0.25) is 4.79 Å². The van der Waals surface area contributed by atoms with Gasteiger partial charge in [-0.05, 0) is 31.7 Å². The fourth-order valence-corrected chi connectivity index (χ4v) is 4.11. The first-order valence-corrected chi connectivity index (χ1v) is 9.56. The first kappa shape index (κ1) is 18.9. The molecule has 134 valence electrons. The fourth-order valence-electron chi connectivity index (χ4n) is 2.44. The summed E-state index contributed by atoms with van der Waals surface area (Å²) in [5.74, 6) is -0.144. The second-order valence-electron chi connectivity index (χ2n) is 7.39. The van der Waals surface area contributed by atoms with Gasteiger partial charge < -0.3 is 10.2 Å². The Balaban J connectivity index is 2.29. The maximum Gasteiger partial charge on any atom is 0.243 e. The summed E-state index contributed by atoms with van der Waals surface area (Å²) in [6.07, 6.45) is 0. The maximum absolute atomic E-state index is 12.9. The number of nitrogens with zero attached hydrogens (tertiary/aromatic N) is 2. The van der Waals surface area contributed by atoms with Crippen LogP contribution in [0.25, 0.3) is 0 Å².